The highest BCUT2D eigenvalue weighted by molar-refractivity contribution is 9.10. The highest BCUT2D eigenvalue weighted by atomic mass is 79.9. The fourth-order valence-electron chi connectivity index (χ4n) is 2.00. The second-order valence-electron chi connectivity index (χ2n) is 4.16. The minimum atomic E-state index is -0.270. The Morgan fingerprint density at radius 3 is 2.79 bits per heavy atom. The number of amides is 1. The molecule has 1 amide bonds. The lowest BCUT2D eigenvalue weighted by atomic mass is 10.2. The third-order valence-corrected chi connectivity index (χ3v) is 3.85. The molecule has 0 unspecified atom stereocenters. The molecule has 5 nitrogen and oxygen atoms in total. The summed E-state index contributed by atoms with van der Waals surface area (Å²) in [6, 6.07) is 3.74. The van der Waals surface area contributed by atoms with Crippen LogP contribution in [0, 0.1) is 0 Å². The summed E-state index contributed by atoms with van der Waals surface area (Å²) in [7, 11) is 3.17. The van der Waals surface area contributed by atoms with Crippen LogP contribution in [0.15, 0.2) is 16.6 Å². The van der Waals surface area contributed by atoms with Crippen LogP contribution in [0.2, 0.25) is 0 Å². The minimum absolute atomic E-state index is 0.270. The lowest BCUT2D eigenvalue weighted by Gasteiger charge is -2.27. The van der Waals surface area contributed by atoms with Gasteiger partial charge in [0.25, 0.3) is 0 Å². The molecule has 1 fully saturated rings. The van der Waals surface area contributed by atoms with Crippen LogP contribution in [0.4, 0.5) is 4.79 Å². The van der Waals surface area contributed by atoms with Crippen LogP contribution in [0.5, 0.6) is 11.5 Å². The van der Waals surface area contributed by atoms with Gasteiger partial charge in [-0.25, -0.2) is 4.79 Å². The molecule has 1 aromatic rings. The zero-order chi connectivity index (χ0) is 13.8. The molecular formula is C13H16BrNO4. The third kappa shape index (κ3) is 2.94. The minimum Gasteiger partial charge on any atom is -0.493 e. The first kappa shape index (κ1) is 14.0. The number of hydrogen-bond acceptors (Lipinski definition) is 4. The van der Waals surface area contributed by atoms with Crippen molar-refractivity contribution in [2.45, 2.75) is 13.0 Å². The largest absolute Gasteiger partial charge is 0.493 e. The van der Waals surface area contributed by atoms with Crippen molar-refractivity contribution in [1.82, 2.24) is 4.90 Å². The SMILES string of the molecule is COc1ccc(CN2CCCOC2=O)c(Br)c1OC. The van der Waals surface area contributed by atoms with Gasteiger partial charge >= 0.3 is 6.09 Å². The Balaban J connectivity index is 2.23. The average Bonchev–Trinajstić information content (AvgIpc) is 2.43. The van der Waals surface area contributed by atoms with E-state index in [-0.39, 0.29) is 6.09 Å². The highest BCUT2D eigenvalue weighted by Crippen LogP contribution is 2.38. The first-order valence-electron chi connectivity index (χ1n) is 5.98. The predicted molar refractivity (Wildman–Crippen MR) is 73.6 cm³/mol. The first-order valence-corrected chi connectivity index (χ1v) is 6.77. The van der Waals surface area contributed by atoms with Crippen LogP contribution >= 0.6 is 15.9 Å². The van der Waals surface area contributed by atoms with E-state index in [1.807, 2.05) is 12.1 Å². The lowest BCUT2D eigenvalue weighted by Crippen LogP contribution is -2.37. The number of cyclic esters (lactones) is 1. The Kier molecular flexibility index (Phi) is 4.52. The van der Waals surface area contributed by atoms with Gasteiger partial charge in [0.2, 0.25) is 0 Å². The van der Waals surface area contributed by atoms with E-state index in [0.29, 0.717) is 31.2 Å². The van der Waals surface area contributed by atoms with E-state index in [0.717, 1.165) is 16.5 Å². The molecule has 0 N–H and O–H groups in total. The van der Waals surface area contributed by atoms with Crippen LogP contribution in [0.3, 0.4) is 0 Å². The van der Waals surface area contributed by atoms with Crippen molar-refractivity contribution in [2.75, 3.05) is 27.4 Å². The van der Waals surface area contributed by atoms with Gasteiger partial charge < -0.3 is 19.1 Å². The zero-order valence-electron chi connectivity index (χ0n) is 10.9. The fraction of sp³-hybridized carbons (Fsp3) is 0.462. The van der Waals surface area contributed by atoms with Crippen molar-refractivity contribution in [3.8, 4) is 11.5 Å². The van der Waals surface area contributed by atoms with Gasteiger partial charge in [-0.1, -0.05) is 6.07 Å². The first-order chi connectivity index (χ1) is 9.17. The van der Waals surface area contributed by atoms with E-state index in [2.05, 4.69) is 15.9 Å². The maximum atomic E-state index is 11.6. The number of ether oxygens (including phenoxy) is 3. The Morgan fingerprint density at radius 2 is 2.16 bits per heavy atom. The van der Waals surface area contributed by atoms with Crippen molar-refractivity contribution in [3.05, 3.63) is 22.2 Å². The number of nitrogens with zero attached hydrogens (tertiary/aromatic N) is 1. The molecule has 0 radical (unpaired) electrons. The Labute approximate surface area is 120 Å². The quantitative estimate of drug-likeness (QED) is 0.852. The third-order valence-electron chi connectivity index (χ3n) is 2.98. The molecule has 6 heteroatoms. The number of halogens is 1. The summed E-state index contributed by atoms with van der Waals surface area (Å²) >= 11 is 3.50. The maximum absolute atomic E-state index is 11.6. The van der Waals surface area contributed by atoms with Crippen molar-refractivity contribution in [1.29, 1.82) is 0 Å². The molecule has 0 aromatic heterocycles. The smallest absolute Gasteiger partial charge is 0.410 e. The van der Waals surface area contributed by atoms with E-state index < -0.39 is 0 Å². The second kappa shape index (κ2) is 6.14. The summed E-state index contributed by atoms with van der Waals surface area (Å²) in [5.74, 6) is 1.28. The average molecular weight is 330 g/mol. The van der Waals surface area contributed by atoms with E-state index in [1.165, 1.54) is 0 Å². The molecular weight excluding hydrogens is 314 g/mol. The number of rotatable bonds is 4. The molecule has 0 saturated carbocycles. The van der Waals surface area contributed by atoms with E-state index in [1.54, 1.807) is 19.1 Å². The van der Waals surface area contributed by atoms with Gasteiger partial charge in [0, 0.05) is 6.54 Å². The van der Waals surface area contributed by atoms with Crippen molar-refractivity contribution >= 4 is 22.0 Å². The fourth-order valence-corrected chi connectivity index (χ4v) is 2.61. The van der Waals surface area contributed by atoms with Crippen molar-refractivity contribution in [2.24, 2.45) is 0 Å². The van der Waals surface area contributed by atoms with Crippen LogP contribution in [0.1, 0.15) is 12.0 Å². The monoisotopic (exact) mass is 329 g/mol. The number of carbonyl (C=O) groups excluding carboxylic acids is 1. The topological polar surface area (TPSA) is 48.0 Å². The van der Waals surface area contributed by atoms with Gasteiger partial charge in [0.1, 0.15) is 0 Å². The molecule has 1 heterocycles. The standard InChI is InChI=1S/C13H16BrNO4/c1-17-10-5-4-9(11(14)12(10)18-2)8-15-6-3-7-19-13(15)16/h4-5H,3,6-8H2,1-2H3. The van der Waals surface area contributed by atoms with E-state index in [4.69, 9.17) is 14.2 Å². The molecule has 0 atom stereocenters. The zero-order valence-corrected chi connectivity index (χ0v) is 12.5. The van der Waals surface area contributed by atoms with Crippen LogP contribution in [-0.4, -0.2) is 38.4 Å². The molecule has 0 spiro atoms. The molecule has 1 saturated heterocycles. The van der Waals surface area contributed by atoms with Gasteiger partial charge in [-0.2, -0.15) is 0 Å². The molecule has 1 aliphatic heterocycles. The molecule has 0 bridgehead atoms. The molecule has 104 valence electrons. The van der Waals surface area contributed by atoms with E-state index >= 15 is 0 Å². The van der Waals surface area contributed by atoms with Crippen molar-refractivity contribution < 1.29 is 19.0 Å². The Hall–Kier alpha value is -1.43. The number of hydrogen-bond donors (Lipinski definition) is 0. The summed E-state index contributed by atoms with van der Waals surface area (Å²) in [6.45, 7) is 1.70. The summed E-state index contributed by atoms with van der Waals surface area (Å²) in [5.41, 5.74) is 0.955. The Bertz CT molecular complexity index is 478. The maximum Gasteiger partial charge on any atom is 0.410 e. The van der Waals surface area contributed by atoms with Gasteiger partial charge in [-0.05, 0) is 34.0 Å². The van der Waals surface area contributed by atoms with Crippen LogP contribution in [-0.2, 0) is 11.3 Å². The highest BCUT2D eigenvalue weighted by Gasteiger charge is 2.22. The second-order valence-corrected chi connectivity index (χ2v) is 4.96. The molecule has 0 aliphatic carbocycles. The molecule has 19 heavy (non-hydrogen) atoms. The van der Waals surface area contributed by atoms with Crippen LogP contribution < -0.4 is 9.47 Å². The van der Waals surface area contributed by atoms with Gasteiger partial charge in [-0.15, -0.1) is 0 Å². The number of benzene rings is 1. The van der Waals surface area contributed by atoms with Crippen molar-refractivity contribution in [3.63, 3.8) is 0 Å². The summed E-state index contributed by atoms with van der Waals surface area (Å²) in [5, 5.41) is 0. The predicted octanol–water partition coefficient (Wildman–Crippen LogP) is 2.81. The van der Waals surface area contributed by atoms with Gasteiger partial charge in [-0.3, -0.25) is 0 Å². The molecule has 1 aromatic carbocycles. The number of carbonyl (C=O) groups is 1. The molecule has 2 rings (SSSR count). The van der Waals surface area contributed by atoms with Gasteiger partial charge in [0.15, 0.2) is 11.5 Å². The van der Waals surface area contributed by atoms with E-state index in [9.17, 15) is 4.79 Å². The summed E-state index contributed by atoms with van der Waals surface area (Å²) < 4.78 is 16.4. The normalized spacial score (nSPS) is 15.1. The van der Waals surface area contributed by atoms with Crippen LogP contribution in [0.25, 0.3) is 0 Å². The number of methoxy groups -OCH3 is 2. The summed E-state index contributed by atoms with van der Waals surface area (Å²) in [6.07, 6.45) is 0.587. The molecule has 1 aliphatic rings. The lowest BCUT2D eigenvalue weighted by molar-refractivity contribution is 0.0699. The van der Waals surface area contributed by atoms with Gasteiger partial charge in [0.05, 0.1) is 31.8 Å². The Morgan fingerprint density at radius 1 is 1.37 bits per heavy atom. The summed E-state index contributed by atoms with van der Waals surface area (Å²) in [4.78, 5) is 13.3.